The summed E-state index contributed by atoms with van der Waals surface area (Å²) in [6.07, 6.45) is 0.493. The second-order valence-electron chi connectivity index (χ2n) is 4.00. The molecule has 98 valence electrons. The van der Waals surface area contributed by atoms with Crippen molar-refractivity contribution in [2.75, 3.05) is 6.61 Å². The molecule has 1 atom stereocenters. The maximum Gasteiger partial charge on any atom is 0.241 e. The summed E-state index contributed by atoms with van der Waals surface area (Å²) in [4.78, 5) is 0.0773. The molecule has 0 aliphatic carbocycles. The first-order chi connectivity index (χ1) is 8.44. The van der Waals surface area contributed by atoms with Gasteiger partial charge in [-0.25, -0.2) is 13.1 Å². The Hall–Kier alpha value is -1.42. The molecule has 1 aromatic carbocycles. The molecular weight excluding hydrogens is 252 g/mol. The molecule has 5 nitrogen and oxygen atoms in total. The average molecular weight is 268 g/mol. The molecule has 0 aliphatic heterocycles. The number of hydrogen-bond donors (Lipinski definition) is 2. The van der Waals surface area contributed by atoms with Gasteiger partial charge in [0.15, 0.2) is 0 Å². The lowest BCUT2D eigenvalue weighted by Gasteiger charge is -2.15. The number of aliphatic hydroxyl groups excluding tert-OH is 1. The summed E-state index contributed by atoms with van der Waals surface area (Å²) >= 11 is 0. The third-order valence-electron chi connectivity index (χ3n) is 2.64. The van der Waals surface area contributed by atoms with E-state index in [1.54, 1.807) is 26.0 Å². The Balaban J connectivity index is 3.16. The number of aliphatic hydroxyl groups is 1. The number of benzene rings is 1. The van der Waals surface area contributed by atoms with E-state index in [9.17, 15) is 8.42 Å². The molecule has 0 aliphatic rings. The van der Waals surface area contributed by atoms with Crippen molar-refractivity contribution in [3.8, 4) is 6.07 Å². The molecule has 0 heterocycles. The first kappa shape index (κ1) is 14.6. The minimum atomic E-state index is -3.71. The zero-order valence-electron chi connectivity index (χ0n) is 10.3. The molecule has 1 rings (SSSR count). The maximum absolute atomic E-state index is 12.1. The zero-order chi connectivity index (χ0) is 13.8. The molecule has 0 saturated carbocycles. The van der Waals surface area contributed by atoms with Crippen molar-refractivity contribution >= 4 is 10.0 Å². The SMILES string of the molecule is CCC(CO)NS(=O)(=O)c1cc(C#N)ccc1C. The summed E-state index contributed by atoms with van der Waals surface area (Å²) < 4.78 is 26.6. The van der Waals surface area contributed by atoms with Crippen molar-refractivity contribution in [3.05, 3.63) is 29.3 Å². The van der Waals surface area contributed by atoms with Crippen LogP contribution in [0.25, 0.3) is 0 Å². The van der Waals surface area contributed by atoms with Crippen molar-refractivity contribution in [1.82, 2.24) is 4.72 Å². The van der Waals surface area contributed by atoms with Gasteiger partial charge in [-0.15, -0.1) is 0 Å². The minimum absolute atomic E-state index is 0.0773. The maximum atomic E-state index is 12.1. The van der Waals surface area contributed by atoms with E-state index in [2.05, 4.69) is 4.72 Å². The summed E-state index contributed by atoms with van der Waals surface area (Å²) in [6.45, 7) is 3.18. The fourth-order valence-corrected chi connectivity index (χ4v) is 3.07. The molecular formula is C12H16N2O3S. The van der Waals surface area contributed by atoms with Gasteiger partial charge in [-0.2, -0.15) is 5.26 Å². The number of nitrogens with zero attached hydrogens (tertiary/aromatic N) is 1. The molecule has 18 heavy (non-hydrogen) atoms. The van der Waals surface area contributed by atoms with Gasteiger partial charge in [0.25, 0.3) is 0 Å². The van der Waals surface area contributed by atoms with Gasteiger partial charge in [0.05, 0.1) is 23.1 Å². The molecule has 0 saturated heterocycles. The molecule has 6 heteroatoms. The first-order valence-corrected chi connectivity index (χ1v) is 7.06. The monoisotopic (exact) mass is 268 g/mol. The van der Waals surface area contributed by atoms with Gasteiger partial charge in [0, 0.05) is 6.04 Å². The van der Waals surface area contributed by atoms with Crippen molar-refractivity contribution in [1.29, 1.82) is 5.26 Å². The van der Waals surface area contributed by atoms with E-state index >= 15 is 0 Å². The van der Waals surface area contributed by atoms with Crippen molar-refractivity contribution in [2.24, 2.45) is 0 Å². The van der Waals surface area contributed by atoms with E-state index in [4.69, 9.17) is 10.4 Å². The number of nitrogens with one attached hydrogen (secondary N) is 1. The van der Waals surface area contributed by atoms with Crippen LogP contribution in [0.1, 0.15) is 24.5 Å². The quantitative estimate of drug-likeness (QED) is 0.830. The van der Waals surface area contributed by atoms with Gasteiger partial charge < -0.3 is 5.11 Å². The number of sulfonamides is 1. The average Bonchev–Trinajstić information content (AvgIpc) is 2.36. The van der Waals surface area contributed by atoms with Crippen LogP contribution >= 0.6 is 0 Å². The van der Waals surface area contributed by atoms with E-state index < -0.39 is 16.1 Å². The molecule has 0 radical (unpaired) electrons. The minimum Gasteiger partial charge on any atom is -0.395 e. The molecule has 2 N–H and O–H groups in total. The highest BCUT2D eigenvalue weighted by Crippen LogP contribution is 2.17. The molecule has 0 spiro atoms. The Kier molecular flexibility index (Phi) is 4.84. The molecule has 0 bridgehead atoms. The van der Waals surface area contributed by atoms with Crippen LogP contribution in [0.5, 0.6) is 0 Å². The van der Waals surface area contributed by atoms with Gasteiger partial charge in [-0.05, 0) is 31.0 Å². The second kappa shape index (κ2) is 5.96. The van der Waals surface area contributed by atoms with E-state index in [1.807, 2.05) is 6.07 Å². The normalized spacial score (nSPS) is 13.0. The number of aryl methyl sites for hydroxylation is 1. The second-order valence-corrected chi connectivity index (χ2v) is 5.68. The molecule has 0 fully saturated rings. The van der Waals surface area contributed by atoms with E-state index in [-0.39, 0.29) is 17.1 Å². The molecule has 1 unspecified atom stereocenters. The summed E-state index contributed by atoms with van der Waals surface area (Å²) in [5.41, 5.74) is 0.854. The lowest BCUT2D eigenvalue weighted by atomic mass is 10.2. The van der Waals surface area contributed by atoms with Crippen molar-refractivity contribution in [2.45, 2.75) is 31.2 Å². The first-order valence-electron chi connectivity index (χ1n) is 5.58. The van der Waals surface area contributed by atoms with Crippen LogP contribution in [-0.4, -0.2) is 26.2 Å². The predicted octanol–water partition coefficient (Wildman–Crippen LogP) is 0.916. The van der Waals surface area contributed by atoms with E-state index in [0.29, 0.717) is 12.0 Å². The van der Waals surface area contributed by atoms with Gasteiger partial charge >= 0.3 is 0 Å². The molecule has 1 aromatic rings. The summed E-state index contributed by atoms with van der Waals surface area (Å²) in [5.74, 6) is 0. The highest BCUT2D eigenvalue weighted by atomic mass is 32.2. The lowest BCUT2D eigenvalue weighted by Crippen LogP contribution is -2.37. The lowest BCUT2D eigenvalue weighted by molar-refractivity contribution is 0.254. The van der Waals surface area contributed by atoms with Crippen LogP contribution in [0.15, 0.2) is 23.1 Å². The summed E-state index contributed by atoms with van der Waals surface area (Å²) in [5, 5.41) is 17.8. The summed E-state index contributed by atoms with van der Waals surface area (Å²) in [7, 11) is -3.71. The third-order valence-corrected chi connectivity index (χ3v) is 4.30. The van der Waals surface area contributed by atoms with Gasteiger partial charge in [0.2, 0.25) is 10.0 Å². The van der Waals surface area contributed by atoms with Crippen LogP contribution < -0.4 is 4.72 Å². The van der Waals surface area contributed by atoms with Crippen LogP contribution in [0.3, 0.4) is 0 Å². The standard InChI is InChI=1S/C12H16N2O3S/c1-3-11(8-15)14-18(16,17)12-6-10(7-13)5-4-9(12)2/h4-6,11,14-15H,3,8H2,1-2H3. The zero-order valence-corrected chi connectivity index (χ0v) is 11.2. The van der Waals surface area contributed by atoms with Gasteiger partial charge in [0.1, 0.15) is 0 Å². The highest BCUT2D eigenvalue weighted by Gasteiger charge is 2.20. The van der Waals surface area contributed by atoms with E-state index in [1.165, 1.54) is 6.07 Å². The Morgan fingerprint density at radius 3 is 2.67 bits per heavy atom. The van der Waals surface area contributed by atoms with Crippen molar-refractivity contribution in [3.63, 3.8) is 0 Å². The van der Waals surface area contributed by atoms with Crippen molar-refractivity contribution < 1.29 is 13.5 Å². The third kappa shape index (κ3) is 3.29. The molecule has 0 aromatic heterocycles. The van der Waals surface area contributed by atoms with E-state index in [0.717, 1.165) is 0 Å². The fraction of sp³-hybridized carbons (Fsp3) is 0.417. The smallest absolute Gasteiger partial charge is 0.241 e. The van der Waals surface area contributed by atoms with Crippen LogP contribution in [0.4, 0.5) is 0 Å². The van der Waals surface area contributed by atoms with Gasteiger partial charge in [-0.3, -0.25) is 0 Å². The predicted molar refractivity (Wildman–Crippen MR) is 67.4 cm³/mol. The Labute approximate surface area is 107 Å². The number of hydrogen-bond acceptors (Lipinski definition) is 4. The Bertz CT molecular complexity index is 557. The Morgan fingerprint density at radius 1 is 1.50 bits per heavy atom. The van der Waals surface area contributed by atoms with Crippen LogP contribution in [-0.2, 0) is 10.0 Å². The fourth-order valence-electron chi connectivity index (χ4n) is 1.49. The van der Waals surface area contributed by atoms with Crippen LogP contribution in [0.2, 0.25) is 0 Å². The summed E-state index contributed by atoms with van der Waals surface area (Å²) in [6, 6.07) is 5.89. The number of nitriles is 1. The van der Waals surface area contributed by atoms with Crippen LogP contribution in [0, 0.1) is 18.3 Å². The topological polar surface area (TPSA) is 90.2 Å². The highest BCUT2D eigenvalue weighted by molar-refractivity contribution is 7.89. The Morgan fingerprint density at radius 2 is 2.17 bits per heavy atom. The van der Waals surface area contributed by atoms with Gasteiger partial charge in [-0.1, -0.05) is 13.0 Å². The number of rotatable bonds is 5. The largest absolute Gasteiger partial charge is 0.395 e. The molecule has 0 amide bonds.